The van der Waals surface area contributed by atoms with Gasteiger partial charge in [0.05, 0.1) is 11.7 Å². The number of pyridine rings is 3. The molecule has 0 bridgehead atoms. The largest absolute Gasteiger partial charge is 0.350 e. The Morgan fingerprint density at radius 2 is 1.75 bits per heavy atom. The summed E-state index contributed by atoms with van der Waals surface area (Å²) >= 11 is 0. The molecule has 24 heavy (non-hydrogen) atoms. The third-order valence-electron chi connectivity index (χ3n) is 4.56. The molecule has 1 saturated heterocycles. The van der Waals surface area contributed by atoms with Crippen LogP contribution in [0.4, 0.5) is 5.82 Å². The summed E-state index contributed by atoms with van der Waals surface area (Å²) < 4.78 is 0. The standard InChI is InChI=1S/C20H20N4/c1-2-13-24(19(9-1)17-7-5-12-22-15-17)20-10-3-8-18(23-20)16-6-4-11-21-14-16/h3-8,10-12,14-15,19H,1-2,9,13H2. The molecule has 0 amide bonds. The maximum Gasteiger partial charge on any atom is 0.129 e. The van der Waals surface area contributed by atoms with Gasteiger partial charge < -0.3 is 4.90 Å². The number of hydrogen-bond acceptors (Lipinski definition) is 4. The van der Waals surface area contributed by atoms with Crippen molar-refractivity contribution in [2.24, 2.45) is 0 Å². The Morgan fingerprint density at radius 3 is 2.54 bits per heavy atom. The van der Waals surface area contributed by atoms with Crippen LogP contribution in [-0.2, 0) is 0 Å². The SMILES string of the molecule is c1cncc(-c2cccc(N3CCCCC3c3cccnc3)n2)c1. The van der Waals surface area contributed by atoms with Gasteiger partial charge in [-0.1, -0.05) is 12.1 Å². The Balaban J connectivity index is 1.69. The molecule has 0 saturated carbocycles. The number of hydrogen-bond donors (Lipinski definition) is 0. The molecule has 0 aromatic carbocycles. The van der Waals surface area contributed by atoms with Gasteiger partial charge in [0.15, 0.2) is 0 Å². The first kappa shape index (κ1) is 14.8. The van der Waals surface area contributed by atoms with E-state index in [1.54, 1.807) is 6.20 Å². The molecule has 1 unspecified atom stereocenters. The molecule has 3 aromatic rings. The molecule has 3 aromatic heterocycles. The molecule has 4 nitrogen and oxygen atoms in total. The molecule has 0 spiro atoms. The molecule has 4 heteroatoms. The fourth-order valence-electron chi connectivity index (χ4n) is 3.38. The van der Waals surface area contributed by atoms with Crippen molar-refractivity contribution in [3.8, 4) is 11.3 Å². The van der Waals surface area contributed by atoms with Crippen LogP contribution in [0.15, 0.2) is 67.3 Å². The van der Waals surface area contributed by atoms with E-state index in [1.807, 2.05) is 42.9 Å². The lowest BCUT2D eigenvalue weighted by atomic mass is 9.96. The maximum atomic E-state index is 4.91. The second-order valence-electron chi connectivity index (χ2n) is 6.11. The van der Waals surface area contributed by atoms with E-state index in [1.165, 1.54) is 18.4 Å². The Hall–Kier alpha value is -2.75. The normalized spacial score (nSPS) is 17.7. The smallest absolute Gasteiger partial charge is 0.129 e. The quantitative estimate of drug-likeness (QED) is 0.723. The van der Waals surface area contributed by atoms with Crippen molar-refractivity contribution in [3.05, 3.63) is 72.8 Å². The minimum absolute atomic E-state index is 0.351. The van der Waals surface area contributed by atoms with Crippen molar-refractivity contribution in [2.75, 3.05) is 11.4 Å². The van der Waals surface area contributed by atoms with Gasteiger partial charge in [-0.3, -0.25) is 9.97 Å². The van der Waals surface area contributed by atoms with Gasteiger partial charge in [-0.15, -0.1) is 0 Å². The van der Waals surface area contributed by atoms with Gasteiger partial charge in [0.25, 0.3) is 0 Å². The maximum absolute atomic E-state index is 4.91. The highest BCUT2D eigenvalue weighted by Gasteiger charge is 2.25. The Labute approximate surface area is 142 Å². The van der Waals surface area contributed by atoms with Gasteiger partial charge in [-0.25, -0.2) is 4.98 Å². The molecule has 0 aliphatic carbocycles. The van der Waals surface area contributed by atoms with Crippen molar-refractivity contribution in [3.63, 3.8) is 0 Å². The van der Waals surface area contributed by atoms with Gasteiger partial charge in [-0.2, -0.15) is 0 Å². The lowest BCUT2D eigenvalue weighted by Crippen LogP contribution is -2.34. The first-order chi connectivity index (χ1) is 11.9. The van der Waals surface area contributed by atoms with Crippen LogP contribution in [0, 0.1) is 0 Å². The Bertz CT molecular complexity index is 789. The third-order valence-corrected chi connectivity index (χ3v) is 4.56. The van der Waals surface area contributed by atoms with Crippen molar-refractivity contribution < 1.29 is 0 Å². The average molecular weight is 316 g/mol. The summed E-state index contributed by atoms with van der Waals surface area (Å²) in [6.07, 6.45) is 11.1. The van der Waals surface area contributed by atoms with E-state index in [2.05, 4.69) is 33.1 Å². The van der Waals surface area contributed by atoms with Gasteiger partial charge in [-0.05, 0) is 55.2 Å². The minimum Gasteiger partial charge on any atom is -0.350 e. The highest BCUT2D eigenvalue weighted by molar-refractivity contribution is 5.60. The minimum atomic E-state index is 0.351. The Morgan fingerprint density at radius 1 is 0.875 bits per heavy atom. The molecule has 1 fully saturated rings. The molecule has 0 N–H and O–H groups in total. The van der Waals surface area contributed by atoms with Crippen LogP contribution in [0.5, 0.6) is 0 Å². The van der Waals surface area contributed by atoms with Gasteiger partial charge in [0.2, 0.25) is 0 Å². The molecule has 1 aliphatic rings. The average Bonchev–Trinajstić information content (AvgIpc) is 2.69. The van der Waals surface area contributed by atoms with E-state index >= 15 is 0 Å². The predicted octanol–water partition coefficient (Wildman–Crippen LogP) is 4.27. The summed E-state index contributed by atoms with van der Waals surface area (Å²) in [7, 11) is 0. The van der Waals surface area contributed by atoms with Crippen LogP contribution in [0.25, 0.3) is 11.3 Å². The summed E-state index contributed by atoms with van der Waals surface area (Å²) in [6.45, 7) is 1.03. The molecule has 0 radical (unpaired) electrons. The van der Waals surface area contributed by atoms with Crippen LogP contribution in [0.3, 0.4) is 0 Å². The number of piperidine rings is 1. The van der Waals surface area contributed by atoms with E-state index in [-0.39, 0.29) is 0 Å². The van der Waals surface area contributed by atoms with Gasteiger partial charge in [0.1, 0.15) is 5.82 Å². The second kappa shape index (κ2) is 6.79. The fourth-order valence-corrected chi connectivity index (χ4v) is 3.38. The lowest BCUT2D eigenvalue weighted by molar-refractivity contribution is 0.469. The number of rotatable bonds is 3. The zero-order valence-electron chi connectivity index (χ0n) is 13.5. The molecular weight excluding hydrogens is 296 g/mol. The monoisotopic (exact) mass is 316 g/mol. The van der Waals surface area contributed by atoms with Crippen LogP contribution >= 0.6 is 0 Å². The molecule has 1 aliphatic heterocycles. The van der Waals surface area contributed by atoms with Crippen molar-refractivity contribution >= 4 is 5.82 Å². The van der Waals surface area contributed by atoms with Crippen molar-refractivity contribution in [2.45, 2.75) is 25.3 Å². The van der Waals surface area contributed by atoms with E-state index in [0.29, 0.717) is 6.04 Å². The number of nitrogens with zero attached hydrogens (tertiary/aromatic N) is 4. The second-order valence-corrected chi connectivity index (χ2v) is 6.11. The summed E-state index contributed by atoms with van der Waals surface area (Å²) in [6, 6.07) is 14.8. The van der Waals surface area contributed by atoms with Crippen molar-refractivity contribution in [1.82, 2.24) is 15.0 Å². The van der Waals surface area contributed by atoms with E-state index in [9.17, 15) is 0 Å². The molecular formula is C20H20N4. The van der Waals surface area contributed by atoms with Crippen LogP contribution < -0.4 is 4.90 Å². The highest BCUT2D eigenvalue weighted by atomic mass is 15.2. The van der Waals surface area contributed by atoms with E-state index in [4.69, 9.17) is 4.98 Å². The predicted molar refractivity (Wildman–Crippen MR) is 95.6 cm³/mol. The number of aromatic nitrogens is 3. The van der Waals surface area contributed by atoms with Gasteiger partial charge >= 0.3 is 0 Å². The van der Waals surface area contributed by atoms with E-state index in [0.717, 1.165) is 30.0 Å². The van der Waals surface area contributed by atoms with Crippen LogP contribution in [0.2, 0.25) is 0 Å². The van der Waals surface area contributed by atoms with Crippen LogP contribution in [-0.4, -0.2) is 21.5 Å². The first-order valence-corrected chi connectivity index (χ1v) is 8.46. The summed E-state index contributed by atoms with van der Waals surface area (Å²) in [5.41, 5.74) is 3.29. The van der Waals surface area contributed by atoms with E-state index < -0.39 is 0 Å². The summed E-state index contributed by atoms with van der Waals surface area (Å²) in [4.78, 5) is 15.8. The summed E-state index contributed by atoms with van der Waals surface area (Å²) in [5, 5.41) is 0. The molecule has 120 valence electrons. The molecule has 4 rings (SSSR count). The topological polar surface area (TPSA) is 41.9 Å². The van der Waals surface area contributed by atoms with Gasteiger partial charge in [0, 0.05) is 36.9 Å². The van der Waals surface area contributed by atoms with Crippen molar-refractivity contribution in [1.29, 1.82) is 0 Å². The highest BCUT2D eigenvalue weighted by Crippen LogP contribution is 2.34. The molecule has 4 heterocycles. The number of anilines is 1. The summed E-state index contributed by atoms with van der Waals surface area (Å²) in [5.74, 6) is 1.03. The van der Waals surface area contributed by atoms with Crippen LogP contribution in [0.1, 0.15) is 30.9 Å². The third kappa shape index (κ3) is 3.00. The fraction of sp³-hybridized carbons (Fsp3) is 0.250. The molecule has 1 atom stereocenters. The zero-order valence-corrected chi connectivity index (χ0v) is 13.5. The first-order valence-electron chi connectivity index (χ1n) is 8.46. The Kier molecular flexibility index (Phi) is 4.19. The zero-order chi connectivity index (χ0) is 16.2. The lowest BCUT2D eigenvalue weighted by Gasteiger charge is -2.37.